The quantitative estimate of drug-likeness (QED) is 0.386. The first-order valence-electron chi connectivity index (χ1n) is 11.6. The molecule has 0 saturated carbocycles. The summed E-state index contributed by atoms with van der Waals surface area (Å²) in [4.78, 5) is 15.8. The Balaban J connectivity index is 1.65. The normalized spacial score (nSPS) is 14.5. The largest absolute Gasteiger partial charge is 0.493 e. The van der Waals surface area contributed by atoms with Crippen molar-refractivity contribution in [3.05, 3.63) is 107 Å². The topological polar surface area (TPSA) is 55.7 Å². The lowest BCUT2D eigenvalue weighted by Crippen LogP contribution is -2.38. The van der Waals surface area contributed by atoms with Crippen LogP contribution in [0.1, 0.15) is 34.0 Å². The van der Waals surface area contributed by atoms with Gasteiger partial charge in [0.05, 0.1) is 32.5 Å². The highest BCUT2D eigenvalue weighted by Gasteiger charge is 2.33. The smallest absolute Gasteiger partial charge is 0.322 e. The summed E-state index contributed by atoms with van der Waals surface area (Å²) in [7, 11) is 3.24. The Morgan fingerprint density at radius 3 is 2.51 bits per heavy atom. The number of aryl methyl sites for hydroxylation is 2. The number of rotatable bonds is 4. The number of hydrogen-bond acceptors (Lipinski definition) is 3. The molecule has 0 bridgehead atoms. The first kappa shape index (κ1) is 22.6. The van der Waals surface area contributed by atoms with Crippen LogP contribution in [0.2, 0.25) is 0 Å². The van der Waals surface area contributed by atoms with Crippen LogP contribution in [0.15, 0.2) is 79.0 Å². The molecule has 2 heterocycles. The third-order valence-electron chi connectivity index (χ3n) is 6.58. The van der Waals surface area contributed by atoms with Gasteiger partial charge in [0.1, 0.15) is 0 Å². The van der Waals surface area contributed by atoms with Crippen molar-refractivity contribution in [2.75, 3.05) is 19.5 Å². The molecular formula is C29H29N3O3. The summed E-state index contributed by atoms with van der Waals surface area (Å²) in [6.07, 6.45) is 2.05. The van der Waals surface area contributed by atoms with Crippen LogP contribution in [-0.4, -0.2) is 29.7 Å². The van der Waals surface area contributed by atoms with Crippen LogP contribution >= 0.6 is 0 Å². The van der Waals surface area contributed by atoms with Crippen molar-refractivity contribution in [1.29, 1.82) is 0 Å². The molecule has 0 spiro atoms. The number of aromatic nitrogens is 1. The van der Waals surface area contributed by atoms with E-state index in [0.717, 1.165) is 39.3 Å². The van der Waals surface area contributed by atoms with Gasteiger partial charge in [0.2, 0.25) is 0 Å². The van der Waals surface area contributed by atoms with E-state index in [1.54, 1.807) is 14.2 Å². The molecule has 6 nitrogen and oxygen atoms in total. The molecule has 35 heavy (non-hydrogen) atoms. The van der Waals surface area contributed by atoms with E-state index in [1.165, 1.54) is 0 Å². The number of hydrogen-bond donors (Lipinski definition) is 1. The lowest BCUT2D eigenvalue weighted by molar-refractivity contribution is 0.194. The van der Waals surface area contributed by atoms with Gasteiger partial charge in [-0.3, -0.25) is 0 Å². The highest BCUT2D eigenvalue weighted by molar-refractivity contribution is 5.91. The van der Waals surface area contributed by atoms with Gasteiger partial charge in [-0.25, -0.2) is 4.79 Å². The minimum Gasteiger partial charge on any atom is -0.493 e. The zero-order valence-corrected chi connectivity index (χ0v) is 20.4. The predicted octanol–water partition coefficient (Wildman–Crippen LogP) is 6.25. The molecular weight excluding hydrogens is 438 g/mol. The molecule has 5 rings (SSSR count). The van der Waals surface area contributed by atoms with Gasteiger partial charge in [-0.2, -0.15) is 0 Å². The van der Waals surface area contributed by atoms with Gasteiger partial charge in [0, 0.05) is 17.6 Å². The second kappa shape index (κ2) is 9.22. The van der Waals surface area contributed by atoms with Crippen molar-refractivity contribution in [2.24, 2.45) is 0 Å². The van der Waals surface area contributed by atoms with Crippen LogP contribution in [0.25, 0.3) is 5.69 Å². The SMILES string of the molecule is COc1ccc([C@@H]2c3cccn3-c3ccccc3CN2C(=O)Nc2cc(C)ccc2C)cc1OC. The van der Waals surface area contributed by atoms with Gasteiger partial charge < -0.3 is 24.3 Å². The van der Waals surface area contributed by atoms with Crippen LogP contribution in [-0.2, 0) is 6.54 Å². The highest BCUT2D eigenvalue weighted by atomic mass is 16.5. The number of nitrogens with zero attached hydrogens (tertiary/aromatic N) is 2. The first-order chi connectivity index (χ1) is 17.0. The van der Waals surface area contributed by atoms with E-state index in [4.69, 9.17) is 9.47 Å². The number of ether oxygens (including phenoxy) is 2. The summed E-state index contributed by atoms with van der Waals surface area (Å²) < 4.78 is 13.2. The Labute approximate surface area is 205 Å². The number of methoxy groups -OCH3 is 2. The minimum atomic E-state index is -0.345. The van der Waals surface area contributed by atoms with Crippen LogP contribution < -0.4 is 14.8 Å². The first-order valence-corrected chi connectivity index (χ1v) is 11.6. The van der Waals surface area contributed by atoms with E-state index in [9.17, 15) is 4.79 Å². The summed E-state index contributed by atoms with van der Waals surface area (Å²) in [6.45, 7) is 4.48. The monoisotopic (exact) mass is 467 g/mol. The maximum atomic E-state index is 13.9. The third kappa shape index (κ3) is 4.12. The molecule has 1 aromatic heterocycles. The molecule has 1 N–H and O–H groups in total. The lowest BCUT2D eigenvalue weighted by Gasteiger charge is -2.31. The van der Waals surface area contributed by atoms with Crippen molar-refractivity contribution in [3.8, 4) is 17.2 Å². The Bertz CT molecular complexity index is 1390. The van der Waals surface area contributed by atoms with E-state index in [-0.39, 0.29) is 12.1 Å². The minimum absolute atomic E-state index is 0.164. The van der Waals surface area contributed by atoms with Gasteiger partial charge in [-0.05, 0) is 72.5 Å². The van der Waals surface area contributed by atoms with Crippen LogP contribution in [0.4, 0.5) is 10.5 Å². The standard InChI is InChI=1S/C29H29N3O3/c1-19-11-12-20(2)23(16-19)30-29(33)32-18-22-8-5-6-9-24(22)31-15-7-10-25(31)28(32)21-13-14-26(34-3)27(17-21)35-4/h5-17,28H,18H2,1-4H3,(H,30,33)/t28-/m1/s1. The number of para-hydroxylation sites is 1. The van der Waals surface area contributed by atoms with Crippen molar-refractivity contribution < 1.29 is 14.3 Å². The molecule has 0 saturated heterocycles. The molecule has 0 radical (unpaired) electrons. The van der Waals surface area contributed by atoms with Crippen LogP contribution in [0, 0.1) is 13.8 Å². The van der Waals surface area contributed by atoms with E-state index in [0.29, 0.717) is 18.0 Å². The molecule has 0 fully saturated rings. The summed E-state index contributed by atoms with van der Waals surface area (Å²) in [5.74, 6) is 1.27. The lowest BCUT2D eigenvalue weighted by atomic mass is 10.0. The van der Waals surface area contributed by atoms with E-state index in [2.05, 4.69) is 28.1 Å². The number of nitrogens with one attached hydrogen (secondary N) is 1. The predicted molar refractivity (Wildman–Crippen MR) is 138 cm³/mol. The molecule has 6 heteroatoms. The summed E-state index contributed by atoms with van der Waals surface area (Å²) >= 11 is 0. The van der Waals surface area contributed by atoms with Gasteiger partial charge in [-0.1, -0.05) is 36.4 Å². The van der Waals surface area contributed by atoms with Gasteiger partial charge >= 0.3 is 6.03 Å². The van der Waals surface area contributed by atoms with Crippen LogP contribution in [0.5, 0.6) is 11.5 Å². The Morgan fingerprint density at radius 1 is 0.914 bits per heavy atom. The van der Waals surface area contributed by atoms with Gasteiger partial charge in [-0.15, -0.1) is 0 Å². The van der Waals surface area contributed by atoms with Crippen molar-refractivity contribution >= 4 is 11.7 Å². The molecule has 0 aliphatic carbocycles. The van der Waals surface area contributed by atoms with E-state index >= 15 is 0 Å². The zero-order chi connectivity index (χ0) is 24.5. The maximum absolute atomic E-state index is 13.9. The summed E-state index contributed by atoms with van der Waals surface area (Å²) in [5.41, 5.74) is 7.01. The molecule has 1 aliphatic rings. The number of fused-ring (bicyclic) bond motifs is 3. The average molecular weight is 468 g/mol. The molecule has 3 aromatic carbocycles. The average Bonchev–Trinajstić information content (AvgIpc) is 3.30. The number of urea groups is 1. The molecule has 0 unspecified atom stereocenters. The second-order valence-electron chi connectivity index (χ2n) is 8.83. The number of anilines is 1. The fourth-order valence-electron chi connectivity index (χ4n) is 4.77. The zero-order valence-electron chi connectivity index (χ0n) is 20.4. The van der Waals surface area contributed by atoms with E-state index < -0.39 is 0 Å². The summed E-state index contributed by atoms with van der Waals surface area (Å²) in [6, 6.07) is 23.7. The number of benzene rings is 3. The third-order valence-corrected chi connectivity index (χ3v) is 6.58. The molecule has 1 atom stereocenters. The van der Waals surface area contributed by atoms with Gasteiger partial charge in [0.25, 0.3) is 0 Å². The fraction of sp³-hybridized carbons (Fsp3) is 0.207. The molecule has 2 amide bonds. The summed E-state index contributed by atoms with van der Waals surface area (Å²) in [5, 5.41) is 3.18. The fourth-order valence-corrected chi connectivity index (χ4v) is 4.77. The molecule has 1 aliphatic heterocycles. The second-order valence-corrected chi connectivity index (χ2v) is 8.83. The number of carbonyl (C=O) groups excluding carboxylic acids is 1. The number of carbonyl (C=O) groups is 1. The van der Waals surface area contributed by atoms with Crippen molar-refractivity contribution in [2.45, 2.75) is 26.4 Å². The molecule has 4 aromatic rings. The number of amides is 2. The Hall–Kier alpha value is -4.19. The molecule has 178 valence electrons. The maximum Gasteiger partial charge on any atom is 0.322 e. The van der Waals surface area contributed by atoms with Crippen molar-refractivity contribution in [1.82, 2.24) is 9.47 Å². The van der Waals surface area contributed by atoms with Gasteiger partial charge in [0.15, 0.2) is 11.5 Å². The van der Waals surface area contributed by atoms with Crippen molar-refractivity contribution in [3.63, 3.8) is 0 Å². The Kier molecular flexibility index (Phi) is 5.95. The van der Waals surface area contributed by atoms with Crippen LogP contribution in [0.3, 0.4) is 0 Å². The Morgan fingerprint density at radius 2 is 1.71 bits per heavy atom. The van der Waals surface area contributed by atoms with E-state index in [1.807, 2.05) is 79.5 Å². The highest BCUT2D eigenvalue weighted by Crippen LogP contribution is 2.40.